The van der Waals surface area contributed by atoms with E-state index in [0.717, 1.165) is 24.3 Å². The number of benzene rings is 1. The van der Waals surface area contributed by atoms with Crippen molar-refractivity contribution in [2.75, 3.05) is 0 Å². The molecule has 0 unspecified atom stereocenters. The van der Waals surface area contributed by atoms with Gasteiger partial charge in [0.2, 0.25) is 0 Å². The number of fused-ring (bicyclic) bond motifs is 1. The fraction of sp³-hybridized carbons (Fsp3) is 0.111. The molecule has 0 saturated carbocycles. The van der Waals surface area contributed by atoms with Gasteiger partial charge in [-0.25, -0.2) is 0 Å². The van der Waals surface area contributed by atoms with Gasteiger partial charge in [-0.15, -0.1) is 24.0 Å². The van der Waals surface area contributed by atoms with Gasteiger partial charge in [0.1, 0.15) is 0 Å². The molecule has 1 nitrogen and oxygen atoms in total. The highest BCUT2D eigenvalue weighted by Crippen LogP contribution is 2.34. The third-order valence-corrected chi connectivity index (χ3v) is 4.03. The van der Waals surface area contributed by atoms with E-state index in [9.17, 15) is 0 Å². The van der Waals surface area contributed by atoms with E-state index in [1.165, 1.54) is 0 Å². The lowest BCUT2D eigenvalue weighted by Gasteiger charge is -2.01. The molecule has 2 rings (SSSR count). The summed E-state index contributed by atoms with van der Waals surface area (Å²) in [5, 5.41) is 10.3. The molecule has 1 aromatic heterocycles. The highest BCUT2D eigenvalue weighted by molar-refractivity contribution is 9.11. The van der Waals surface area contributed by atoms with E-state index in [2.05, 4.69) is 28.6 Å². The summed E-state index contributed by atoms with van der Waals surface area (Å²) in [7, 11) is 0. The predicted molar refractivity (Wildman–Crippen MR) is 62.7 cm³/mol. The molecule has 0 bridgehead atoms. The largest absolute Gasteiger partial charge is 0.392 e. The van der Waals surface area contributed by atoms with Gasteiger partial charge in [0.15, 0.2) is 0 Å². The van der Waals surface area contributed by atoms with E-state index in [4.69, 9.17) is 5.11 Å². The molecule has 4 heteroatoms. The summed E-state index contributed by atoms with van der Waals surface area (Å²) in [6.45, 7) is 0.0448. The maximum Gasteiger partial charge on any atom is 0.0711 e. The Labute approximate surface area is 93.9 Å². The van der Waals surface area contributed by atoms with Crippen LogP contribution in [0.4, 0.5) is 0 Å². The van der Waals surface area contributed by atoms with Crippen molar-refractivity contribution in [2.24, 2.45) is 0 Å². The molecule has 13 heavy (non-hydrogen) atoms. The number of rotatable bonds is 1. The van der Waals surface area contributed by atoms with Crippen LogP contribution in [-0.2, 0) is 6.61 Å². The molecule has 1 N–H and O–H groups in total. The molecule has 1 aromatic carbocycles. The van der Waals surface area contributed by atoms with Gasteiger partial charge in [-0.05, 0) is 33.4 Å². The molecule has 0 aliphatic heterocycles. The van der Waals surface area contributed by atoms with Gasteiger partial charge in [-0.3, -0.25) is 0 Å². The molecular weight excluding hydrogens is 268 g/mol. The number of aliphatic hydroxyl groups is 1. The van der Waals surface area contributed by atoms with Crippen LogP contribution in [0.15, 0.2) is 26.9 Å². The second-order valence-corrected chi connectivity index (χ2v) is 5.60. The van der Waals surface area contributed by atoms with Gasteiger partial charge in [-0.2, -0.15) is 0 Å². The topological polar surface area (TPSA) is 20.2 Å². The normalized spacial score (nSPS) is 11.0. The molecule has 0 fully saturated rings. The molecule has 0 amide bonds. The molecule has 0 spiro atoms. The van der Waals surface area contributed by atoms with Crippen LogP contribution in [0.25, 0.3) is 10.1 Å². The minimum absolute atomic E-state index is 0.0448. The van der Waals surface area contributed by atoms with Crippen molar-refractivity contribution in [3.8, 4) is 0 Å². The van der Waals surface area contributed by atoms with Gasteiger partial charge in [0.05, 0.1) is 10.4 Å². The average molecular weight is 275 g/mol. The fourth-order valence-corrected chi connectivity index (χ4v) is 3.26. The predicted octanol–water partition coefficient (Wildman–Crippen LogP) is 3.44. The molecule has 0 aliphatic carbocycles. The highest BCUT2D eigenvalue weighted by Gasteiger charge is 2.07. The number of thiophene rings is 1. The lowest BCUT2D eigenvalue weighted by molar-refractivity contribution is 0.281. The zero-order valence-corrected chi connectivity index (χ0v) is 9.92. The Bertz CT molecular complexity index is 450. The first-order chi connectivity index (χ1) is 6.22. The van der Waals surface area contributed by atoms with Gasteiger partial charge in [0.25, 0.3) is 0 Å². The first kappa shape index (κ1) is 9.52. The third kappa shape index (κ3) is 1.64. The Balaban J connectivity index is 2.82. The van der Waals surface area contributed by atoms with E-state index in [1.54, 1.807) is 11.3 Å². The minimum atomic E-state index is 0.0448. The Morgan fingerprint density at radius 3 is 2.92 bits per heavy atom. The quantitative estimate of drug-likeness (QED) is 0.764. The maximum atomic E-state index is 9.17. The van der Waals surface area contributed by atoms with Gasteiger partial charge < -0.3 is 5.11 Å². The van der Waals surface area contributed by atoms with Crippen molar-refractivity contribution < 1.29 is 5.11 Å². The van der Waals surface area contributed by atoms with Gasteiger partial charge >= 0.3 is 0 Å². The van der Waals surface area contributed by atoms with Crippen molar-refractivity contribution in [2.45, 2.75) is 11.5 Å². The van der Waals surface area contributed by atoms with Crippen molar-refractivity contribution in [1.29, 1.82) is 0 Å². The first-order valence-electron chi connectivity index (χ1n) is 3.73. The van der Waals surface area contributed by atoms with Crippen LogP contribution >= 0.6 is 39.9 Å². The fourth-order valence-electron chi connectivity index (χ4n) is 1.27. The second-order valence-electron chi connectivity index (χ2n) is 2.69. The van der Waals surface area contributed by atoms with Crippen LogP contribution < -0.4 is 0 Å². The summed E-state index contributed by atoms with van der Waals surface area (Å²) in [6, 6.07) is 5.97. The zero-order chi connectivity index (χ0) is 9.42. The second kappa shape index (κ2) is 3.61. The molecule has 2 aromatic rings. The summed E-state index contributed by atoms with van der Waals surface area (Å²) in [4.78, 5) is 0.851. The van der Waals surface area contributed by atoms with Crippen LogP contribution in [0.5, 0.6) is 0 Å². The average Bonchev–Trinajstić information content (AvgIpc) is 2.45. The van der Waals surface area contributed by atoms with Crippen LogP contribution in [0.3, 0.4) is 0 Å². The standard InChI is InChI=1S/C9H7BrOS2/c10-8-3-5-1-2-7(12)6(4-11)9(5)13-8/h1-3,11-12H,4H2. The molecular formula is C9H7BrOS2. The van der Waals surface area contributed by atoms with Crippen molar-refractivity contribution in [3.05, 3.63) is 27.5 Å². The number of aliphatic hydroxyl groups excluding tert-OH is 1. The Kier molecular flexibility index (Phi) is 2.65. The molecule has 1 heterocycles. The van der Waals surface area contributed by atoms with E-state index < -0.39 is 0 Å². The Hall–Kier alpha value is -0.0300. The Morgan fingerprint density at radius 1 is 1.46 bits per heavy atom. The summed E-state index contributed by atoms with van der Waals surface area (Å²) in [5.74, 6) is 0. The molecule has 0 aliphatic rings. The van der Waals surface area contributed by atoms with Gasteiger partial charge in [0, 0.05) is 15.2 Å². The molecule has 68 valence electrons. The first-order valence-corrected chi connectivity index (χ1v) is 5.79. The SMILES string of the molecule is OCc1c(S)ccc2cc(Br)sc12. The van der Waals surface area contributed by atoms with Crippen molar-refractivity contribution in [1.82, 2.24) is 0 Å². The van der Waals surface area contributed by atoms with Crippen LogP contribution in [0.1, 0.15) is 5.56 Å². The summed E-state index contributed by atoms with van der Waals surface area (Å²) in [5.41, 5.74) is 0.913. The highest BCUT2D eigenvalue weighted by atomic mass is 79.9. The summed E-state index contributed by atoms with van der Waals surface area (Å²) in [6.07, 6.45) is 0. The molecule has 0 atom stereocenters. The summed E-state index contributed by atoms with van der Waals surface area (Å²) < 4.78 is 2.19. The van der Waals surface area contributed by atoms with Gasteiger partial charge in [-0.1, -0.05) is 6.07 Å². The third-order valence-electron chi connectivity index (χ3n) is 1.89. The molecule has 0 saturated heterocycles. The van der Waals surface area contributed by atoms with E-state index >= 15 is 0 Å². The summed E-state index contributed by atoms with van der Waals surface area (Å²) >= 11 is 9.34. The lowest BCUT2D eigenvalue weighted by atomic mass is 10.2. The van der Waals surface area contributed by atoms with E-state index in [0.29, 0.717) is 0 Å². The van der Waals surface area contributed by atoms with Crippen LogP contribution in [0.2, 0.25) is 0 Å². The molecule has 0 radical (unpaired) electrons. The monoisotopic (exact) mass is 274 g/mol. The van der Waals surface area contributed by atoms with E-state index in [1.807, 2.05) is 18.2 Å². The zero-order valence-electron chi connectivity index (χ0n) is 6.62. The van der Waals surface area contributed by atoms with Crippen LogP contribution in [0, 0.1) is 0 Å². The lowest BCUT2D eigenvalue weighted by Crippen LogP contribution is -1.84. The number of hydrogen-bond acceptors (Lipinski definition) is 3. The number of halogens is 1. The smallest absolute Gasteiger partial charge is 0.0711 e. The van der Waals surface area contributed by atoms with E-state index in [-0.39, 0.29) is 6.61 Å². The van der Waals surface area contributed by atoms with Crippen molar-refractivity contribution >= 4 is 50.0 Å². The van der Waals surface area contributed by atoms with Crippen LogP contribution in [-0.4, -0.2) is 5.11 Å². The maximum absolute atomic E-state index is 9.17. The Morgan fingerprint density at radius 2 is 2.23 bits per heavy atom. The number of hydrogen-bond donors (Lipinski definition) is 2. The van der Waals surface area contributed by atoms with Crippen molar-refractivity contribution in [3.63, 3.8) is 0 Å². The number of thiol groups is 1. The minimum Gasteiger partial charge on any atom is -0.392 e.